The molecule has 2 atom stereocenters. The summed E-state index contributed by atoms with van der Waals surface area (Å²) in [6.45, 7) is 4.02. The number of aromatic nitrogens is 1. The molecule has 1 amide bonds. The van der Waals surface area contributed by atoms with E-state index in [0.717, 1.165) is 5.56 Å². The van der Waals surface area contributed by atoms with Crippen molar-refractivity contribution < 1.29 is 41.0 Å². The Bertz CT molecular complexity index is 893. The Morgan fingerprint density at radius 1 is 1.27 bits per heavy atom. The van der Waals surface area contributed by atoms with Crippen molar-refractivity contribution in [1.82, 2.24) is 14.2 Å². The minimum absolute atomic E-state index is 0.000911. The maximum atomic E-state index is 12.6. The third kappa shape index (κ3) is 6.37. The number of carbonyl (C=O) groups excluding carboxylic acids is 1. The van der Waals surface area contributed by atoms with Crippen LogP contribution in [-0.2, 0) is 19.6 Å². The number of alkyl halides is 3. The standard InChI is InChI=1S/C15H21N3O4S.C2HF3O2/c1-11-3-4-16-13(7-11)15(19)17-8-12-9-18(23(2,20)21)5-6-22-14(12)10-17;3-2(4,5)1(6)7/h3-4,7,12,14H,5-6,8-10H2,1-2H3;(H,6,7)/t12-,14-;/m1./s1. The highest BCUT2D eigenvalue weighted by Crippen LogP contribution is 2.25. The third-order valence-corrected chi connectivity index (χ3v) is 5.89. The largest absolute Gasteiger partial charge is 0.490 e. The second kappa shape index (κ2) is 9.27. The number of ether oxygens (including phenoxy) is 1. The van der Waals surface area contributed by atoms with Crippen LogP contribution in [0.3, 0.4) is 0 Å². The first kappa shape index (κ1) is 24.0. The summed E-state index contributed by atoms with van der Waals surface area (Å²) in [5, 5.41) is 7.12. The van der Waals surface area contributed by atoms with E-state index in [1.165, 1.54) is 10.6 Å². The molecule has 2 fully saturated rings. The Morgan fingerprint density at radius 3 is 2.43 bits per heavy atom. The van der Waals surface area contributed by atoms with Gasteiger partial charge in [0.1, 0.15) is 5.69 Å². The Labute approximate surface area is 171 Å². The summed E-state index contributed by atoms with van der Waals surface area (Å²) in [5.74, 6) is -2.88. The van der Waals surface area contributed by atoms with Crippen LogP contribution in [0.15, 0.2) is 18.3 Å². The number of rotatable bonds is 2. The SMILES string of the molecule is Cc1ccnc(C(=O)N2C[C@@H]3CN(S(C)(=O)=O)CCO[C@@H]3C2)c1.O=C(O)C(F)(F)F. The van der Waals surface area contributed by atoms with Crippen LogP contribution in [0.25, 0.3) is 0 Å². The molecule has 9 nitrogen and oxygen atoms in total. The molecule has 0 bridgehead atoms. The van der Waals surface area contributed by atoms with Crippen molar-refractivity contribution in [2.75, 3.05) is 39.0 Å². The van der Waals surface area contributed by atoms with Gasteiger partial charge in [-0.05, 0) is 24.6 Å². The summed E-state index contributed by atoms with van der Waals surface area (Å²) in [6, 6.07) is 3.61. The fraction of sp³-hybridized carbons (Fsp3) is 0.588. The van der Waals surface area contributed by atoms with E-state index in [2.05, 4.69) is 4.98 Å². The molecule has 2 aliphatic rings. The van der Waals surface area contributed by atoms with E-state index in [1.807, 2.05) is 13.0 Å². The summed E-state index contributed by atoms with van der Waals surface area (Å²) in [6.07, 6.45) is -2.36. The van der Waals surface area contributed by atoms with Crippen molar-refractivity contribution >= 4 is 21.9 Å². The van der Waals surface area contributed by atoms with Crippen molar-refractivity contribution in [2.45, 2.75) is 19.2 Å². The highest BCUT2D eigenvalue weighted by Gasteiger charge is 2.40. The molecule has 0 aromatic carbocycles. The van der Waals surface area contributed by atoms with Crippen LogP contribution >= 0.6 is 0 Å². The van der Waals surface area contributed by atoms with Gasteiger partial charge in [0.25, 0.3) is 5.91 Å². The minimum Gasteiger partial charge on any atom is -0.475 e. The number of pyridine rings is 1. The molecule has 0 spiro atoms. The average Bonchev–Trinajstić information content (AvgIpc) is 2.91. The summed E-state index contributed by atoms with van der Waals surface area (Å²) in [7, 11) is -3.25. The molecular formula is C17H22F3N3O6S. The number of likely N-dealkylation sites (tertiary alicyclic amines) is 1. The van der Waals surface area contributed by atoms with Gasteiger partial charge >= 0.3 is 12.1 Å². The van der Waals surface area contributed by atoms with E-state index in [4.69, 9.17) is 14.6 Å². The van der Waals surface area contributed by atoms with Crippen LogP contribution in [0.4, 0.5) is 13.2 Å². The third-order valence-electron chi connectivity index (χ3n) is 4.63. The van der Waals surface area contributed by atoms with Crippen LogP contribution in [0, 0.1) is 12.8 Å². The van der Waals surface area contributed by atoms with E-state index >= 15 is 0 Å². The molecule has 0 radical (unpaired) electrons. The Balaban J connectivity index is 0.000000396. The quantitative estimate of drug-likeness (QED) is 0.703. The van der Waals surface area contributed by atoms with Crippen LogP contribution in [0.1, 0.15) is 16.1 Å². The van der Waals surface area contributed by atoms with E-state index in [-0.39, 0.29) is 17.9 Å². The van der Waals surface area contributed by atoms with Gasteiger partial charge in [-0.1, -0.05) is 0 Å². The molecule has 13 heteroatoms. The van der Waals surface area contributed by atoms with E-state index in [1.54, 1.807) is 17.2 Å². The normalized spacial score (nSPS) is 22.5. The summed E-state index contributed by atoms with van der Waals surface area (Å²) < 4.78 is 62.5. The lowest BCUT2D eigenvalue weighted by atomic mass is 10.1. The smallest absolute Gasteiger partial charge is 0.475 e. The zero-order valence-electron chi connectivity index (χ0n) is 16.3. The van der Waals surface area contributed by atoms with Gasteiger partial charge in [0.2, 0.25) is 10.0 Å². The van der Waals surface area contributed by atoms with Crippen LogP contribution in [0.5, 0.6) is 0 Å². The van der Waals surface area contributed by atoms with Crippen LogP contribution in [-0.4, -0.2) is 90.9 Å². The molecule has 1 aromatic rings. The number of carbonyl (C=O) groups is 2. The van der Waals surface area contributed by atoms with Gasteiger partial charge in [-0.25, -0.2) is 13.2 Å². The van der Waals surface area contributed by atoms with E-state index < -0.39 is 22.2 Å². The van der Waals surface area contributed by atoms with Gasteiger partial charge in [0.05, 0.1) is 19.0 Å². The van der Waals surface area contributed by atoms with Crippen molar-refractivity contribution in [1.29, 1.82) is 0 Å². The number of sulfonamides is 1. The number of nitrogens with zero attached hydrogens (tertiary/aromatic N) is 3. The molecule has 0 saturated carbocycles. The number of carboxylic acid groups (broad SMARTS) is 1. The molecular weight excluding hydrogens is 431 g/mol. The van der Waals surface area contributed by atoms with Gasteiger partial charge in [0.15, 0.2) is 0 Å². The fourth-order valence-electron chi connectivity index (χ4n) is 3.15. The molecule has 0 unspecified atom stereocenters. The van der Waals surface area contributed by atoms with Crippen molar-refractivity contribution in [3.8, 4) is 0 Å². The first-order valence-electron chi connectivity index (χ1n) is 8.88. The number of carboxylic acids is 1. The first-order chi connectivity index (χ1) is 13.8. The predicted molar refractivity (Wildman–Crippen MR) is 98.2 cm³/mol. The lowest BCUT2D eigenvalue weighted by molar-refractivity contribution is -0.192. The highest BCUT2D eigenvalue weighted by molar-refractivity contribution is 7.88. The maximum absolute atomic E-state index is 12.6. The number of halogens is 3. The topological polar surface area (TPSA) is 117 Å². The monoisotopic (exact) mass is 453 g/mol. The molecule has 2 saturated heterocycles. The van der Waals surface area contributed by atoms with Crippen molar-refractivity contribution in [2.24, 2.45) is 5.92 Å². The Kier molecular flexibility index (Phi) is 7.42. The van der Waals surface area contributed by atoms with Gasteiger partial charge in [-0.2, -0.15) is 17.5 Å². The minimum atomic E-state index is -5.08. The van der Waals surface area contributed by atoms with E-state index in [0.29, 0.717) is 38.5 Å². The van der Waals surface area contributed by atoms with Gasteiger partial charge in [-0.3, -0.25) is 9.78 Å². The lowest BCUT2D eigenvalue weighted by Crippen LogP contribution is -2.37. The average molecular weight is 453 g/mol. The molecule has 30 heavy (non-hydrogen) atoms. The molecule has 1 aromatic heterocycles. The number of amides is 1. The summed E-state index contributed by atoms with van der Waals surface area (Å²) in [5.41, 5.74) is 1.40. The van der Waals surface area contributed by atoms with Crippen molar-refractivity contribution in [3.05, 3.63) is 29.6 Å². The van der Waals surface area contributed by atoms with Gasteiger partial charge in [0, 0.05) is 38.3 Å². The summed E-state index contributed by atoms with van der Waals surface area (Å²) >= 11 is 0. The Hall–Kier alpha value is -2.25. The zero-order valence-corrected chi connectivity index (χ0v) is 17.1. The van der Waals surface area contributed by atoms with Crippen LogP contribution < -0.4 is 0 Å². The molecule has 0 aliphatic carbocycles. The lowest BCUT2D eigenvalue weighted by Gasteiger charge is -2.21. The predicted octanol–water partition coefficient (Wildman–Crippen LogP) is 0.756. The van der Waals surface area contributed by atoms with Crippen molar-refractivity contribution in [3.63, 3.8) is 0 Å². The number of aryl methyl sites for hydroxylation is 1. The number of fused-ring (bicyclic) bond motifs is 1. The van der Waals surface area contributed by atoms with Gasteiger partial charge in [-0.15, -0.1) is 0 Å². The van der Waals surface area contributed by atoms with Gasteiger partial charge < -0.3 is 14.7 Å². The molecule has 168 valence electrons. The maximum Gasteiger partial charge on any atom is 0.490 e. The summed E-state index contributed by atoms with van der Waals surface area (Å²) in [4.78, 5) is 27.3. The van der Waals surface area contributed by atoms with Crippen LogP contribution in [0.2, 0.25) is 0 Å². The molecule has 2 aliphatic heterocycles. The molecule has 3 heterocycles. The van der Waals surface area contributed by atoms with E-state index in [9.17, 15) is 26.4 Å². The number of hydrogen-bond acceptors (Lipinski definition) is 6. The number of hydrogen-bond donors (Lipinski definition) is 1. The Morgan fingerprint density at radius 2 is 1.90 bits per heavy atom. The highest BCUT2D eigenvalue weighted by atomic mass is 32.2. The zero-order chi connectivity index (χ0) is 22.7. The second-order valence-electron chi connectivity index (χ2n) is 7.02. The second-order valence-corrected chi connectivity index (χ2v) is 9.00. The first-order valence-corrected chi connectivity index (χ1v) is 10.7. The molecule has 3 rings (SSSR count). The fourth-order valence-corrected chi connectivity index (χ4v) is 4.01. The molecule has 1 N–H and O–H groups in total. The number of aliphatic carboxylic acids is 1.